The molecule has 0 spiro atoms. The zero-order valence-corrected chi connectivity index (χ0v) is 46.5. The van der Waals surface area contributed by atoms with Crippen molar-refractivity contribution in [1.82, 2.24) is 0 Å². The van der Waals surface area contributed by atoms with Gasteiger partial charge in [0, 0.05) is 0 Å². The summed E-state index contributed by atoms with van der Waals surface area (Å²) in [5, 5.41) is 172. The molecule has 0 bridgehead atoms. The van der Waals surface area contributed by atoms with Gasteiger partial charge in [-0.2, -0.15) is 0 Å². The van der Waals surface area contributed by atoms with Crippen molar-refractivity contribution in [3.8, 4) is 0 Å². The van der Waals surface area contributed by atoms with Crippen molar-refractivity contribution < 1.29 is 125 Å². The van der Waals surface area contributed by atoms with E-state index in [1.165, 1.54) is 0 Å². The number of ether oxygens (including phenoxy) is 8. The number of fused-ring (bicyclic) bond motifs is 5. The first-order valence-corrected chi connectivity index (χ1v) is 28.1. The molecule has 25 heteroatoms. The van der Waals surface area contributed by atoms with Crippen molar-refractivity contribution in [2.45, 2.75) is 253 Å². The number of rotatable bonds is 17. The molecule has 30 unspecified atom stereocenters. The van der Waals surface area contributed by atoms with E-state index >= 15 is 0 Å². The number of hydrogen-bond donors (Lipinski definition) is 16. The molecule has 79 heavy (non-hydrogen) atoms. The van der Waals surface area contributed by atoms with Gasteiger partial charge in [-0.25, -0.2) is 4.89 Å². The summed E-state index contributed by atoms with van der Waals surface area (Å²) in [6.45, 7) is 13.5. The summed E-state index contributed by atoms with van der Waals surface area (Å²) in [6.07, 6.45) is -25.9. The fourth-order valence-corrected chi connectivity index (χ4v) is 16.2. The maximum Gasteiger partial charge on any atom is 0.187 e. The Balaban J connectivity index is 1.02. The van der Waals surface area contributed by atoms with Crippen molar-refractivity contribution in [3.05, 3.63) is 12.2 Å². The summed E-state index contributed by atoms with van der Waals surface area (Å²) in [7, 11) is 0. The highest BCUT2D eigenvalue weighted by Crippen LogP contribution is 2.76. The second-order valence-corrected chi connectivity index (χ2v) is 26.2. The predicted molar refractivity (Wildman–Crippen MR) is 269 cm³/mol. The van der Waals surface area contributed by atoms with E-state index in [0.717, 1.165) is 12.8 Å². The average molecular weight is 1140 g/mol. The van der Waals surface area contributed by atoms with E-state index in [-0.39, 0.29) is 35.0 Å². The van der Waals surface area contributed by atoms with Gasteiger partial charge in [0.1, 0.15) is 103 Å². The number of hydrogen-bond acceptors (Lipinski definition) is 25. The maximum absolute atomic E-state index is 12.9. The molecule has 4 saturated heterocycles. The monoisotopic (exact) mass is 1140 g/mol. The van der Waals surface area contributed by atoms with Crippen LogP contribution < -0.4 is 0 Å². The van der Waals surface area contributed by atoms with Crippen molar-refractivity contribution in [2.24, 2.45) is 45.3 Å². The van der Waals surface area contributed by atoms with Gasteiger partial charge >= 0.3 is 0 Å². The molecule has 0 aromatic rings. The van der Waals surface area contributed by atoms with Crippen LogP contribution in [0.4, 0.5) is 0 Å². The Bertz CT molecular complexity index is 2050. The van der Waals surface area contributed by atoms with Crippen molar-refractivity contribution in [1.29, 1.82) is 0 Å². The quantitative estimate of drug-likeness (QED) is 0.0304. The summed E-state index contributed by atoms with van der Waals surface area (Å²) in [5.41, 5.74) is -4.22. The van der Waals surface area contributed by atoms with Gasteiger partial charge in [0.25, 0.3) is 0 Å². The van der Waals surface area contributed by atoms with Crippen LogP contribution in [-0.4, -0.2) is 255 Å². The molecule has 30 atom stereocenters. The lowest BCUT2D eigenvalue weighted by Crippen LogP contribution is -2.68. The van der Waals surface area contributed by atoms with Gasteiger partial charge in [-0.3, -0.25) is 5.26 Å². The zero-order chi connectivity index (χ0) is 58.3. The van der Waals surface area contributed by atoms with Crippen LogP contribution in [0.5, 0.6) is 0 Å². The summed E-state index contributed by atoms with van der Waals surface area (Å²) in [6, 6.07) is 0. The number of aliphatic hydroxyl groups excluding tert-OH is 15. The standard InChI is InChI=1S/C54H92O25/c1-49(2,79-70)13-9-14-54(8,78-47-43(69)39(65)36(62)28(75-47)22-71-45-41(67)37(63)33(59)25(19-55)72-45)23-10-16-53(7)32(23)24(58)18-30-51(5)15-12-31(50(3,4)29(51)11-17-52(30,53)6)76-48-44(40(66)35(61)27(21-57)74-48)77-46-42(68)38(64)34(60)26(20-56)73-46/h9,13,23-48,55-70H,10-12,14-22H2,1-8H3. The minimum absolute atomic E-state index is 0.000818. The van der Waals surface area contributed by atoms with Crippen LogP contribution in [-0.2, 0) is 42.8 Å². The second-order valence-electron chi connectivity index (χ2n) is 26.2. The second kappa shape index (κ2) is 23.9. The molecule has 0 aromatic carbocycles. The highest BCUT2D eigenvalue weighted by molar-refractivity contribution is 5.21. The van der Waals surface area contributed by atoms with Crippen molar-refractivity contribution >= 4 is 0 Å². The van der Waals surface area contributed by atoms with E-state index < -0.39 is 189 Å². The normalized spacial score (nSPS) is 52.1. The SMILES string of the molecule is CC(C)(C=CCC(C)(OC1OC(COC2OC(CO)C(O)C(O)C2O)C(O)C(O)C1O)C1CCC2(C)C1C(O)CC1C3(C)CCC(OC4OC(CO)C(O)C(O)C4OC4OC(CO)C(O)C(O)C4O)C(C)(C)C3CCC12C)OO. The van der Waals surface area contributed by atoms with Gasteiger partial charge in [0.15, 0.2) is 25.2 Å². The van der Waals surface area contributed by atoms with Crippen LogP contribution in [0.25, 0.3) is 0 Å². The van der Waals surface area contributed by atoms with Gasteiger partial charge in [0.2, 0.25) is 0 Å². The van der Waals surface area contributed by atoms with Crippen molar-refractivity contribution in [2.75, 3.05) is 26.4 Å². The van der Waals surface area contributed by atoms with Crippen LogP contribution in [0.2, 0.25) is 0 Å². The first-order valence-electron chi connectivity index (χ1n) is 28.1. The van der Waals surface area contributed by atoms with Gasteiger partial charge in [0.05, 0.1) is 44.2 Å². The molecule has 0 radical (unpaired) electrons. The lowest BCUT2D eigenvalue weighted by molar-refractivity contribution is -0.378. The van der Waals surface area contributed by atoms with Crippen LogP contribution in [0, 0.1) is 45.3 Å². The molecule has 458 valence electrons. The van der Waals surface area contributed by atoms with Crippen LogP contribution in [0.1, 0.15) is 107 Å². The third-order valence-electron chi connectivity index (χ3n) is 21.0. The molecular weight excluding hydrogens is 1050 g/mol. The molecule has 8 aliphatic rings. The Kier molecular flexibility index (Phi) is 19.3. The van der Waals surface area contributed by atoms with Crippen molar-refractivity contribution in [3.63, 3.8) is 0 Å². The van der Waals surface area contributed by atoms with E-state index in [9.17, 15) is 81.9 Å². The molecule has 0 amide bonds. The largest absolute Gasteiger partial charge is 0.394 e. The van der Waals surface area contributed by atoms with E-state index in [1.54, 1.807) is 26.0 Å². The summed E-state index contributed by atoms with van der Waals surface area (Å²) >= 11 is 0. The molecule has 4 saturated carbocycles. The lowest BCUT2D eigenvalue weighted by Gasteiger charge is -2.71. The Hall–Kier alpha value is -1.26. The average Bonchev–Trinajstić information content (AvgIpc) is 3.99. The minimum Gasteiger partial charge on any atom is -0.394 e. The van der Waals surface area contributed by atoms with Gasteiger partial charge in [-0.1, -0.05) is 46.8 Å². The lowest BCUT2D eigenvalue weighted by atomic mass is 9.35. The molecule has 4 heterocycles. The van der Waals surface area contributed by atoms with Crippen LogP contribution in [0.3, 0.4) is 0 Å². The predicted octanol–water partition coefficient (Wildman–Crippen LogP) is -2.73. The first kappa shape index (κ1) is 63.8. The molecule has 0 aromatic heterocycles. The van der Waals surface area contributed by atoms with Crippen LogP contribution in [0.15, 0.2) is 12.2 Å². The van der Waals surface area contributed by atoms with Gasteiger partial charge < -0.3 is 114 Å². The van der Waals surface area contributed by atoms with E-state index in [1.807, 2.05) is 6.92 Å². The Labute approximate surface area is 460 Å². The first-order chi connectivity index (χ1) is 36.9. The Morgan fingerprint density at radius 2 is 1.04 bits per heavy atom. The summed E-state index contributed by atoms with van der Waals surface area (Å²) < 4.78 is 48.8. The fourth-order valence-electron chi connectivity index (χ4n) is 16.2. The zero-order valence-electron chi connectivity index (χ0n) is 46.5. The maximum atomic E-state index is 12.9. The molecule has 16 N–H and O–H groups in total. The smallest absolute Gasteiger partial charge is 0.187 e. The molecule has 4 aliphatic carbocycles. The van der Waals surface area contributed by atoms with Crippen LogP contribution >= 0.6 is 0 Å². The summed E-state index contributed by atoms with van der Waals surface area (Å²) in [5.74, 6) is -0.807. The minimum atomic E-state index is -1.83. The highest BCUT2D eigenvalue weighted by atomic mass is 17.1. The summed E-state index contributed by atoms with van der Waals surface area (Å²) in [4.78, 5) is 4.70. The molecule has 8 rings (SSSR count). The van der Waals surface area contributed by atoms with Gasteiger partial charge in [-0.05, 0) is 117 Å². The topological polar surface area (TPSA) is 407 Å². The molecule has 25 nitrogen and oxygen atoms in total. The Morgan fingerprint density at radius 3 is 1.62 bits per heavy atom. The third kappa shape index (κ3) is 11.3. The third-order valence-corrected chi connectivity index (χ3v) is 21.0. The van der Waals surface area contributed by atoms with E-state index in [4.69, 9.17) is 42.8 Å². The number of aliphatic hydroxyl groups is 15. The molecule has 8 fully saturated rings. The van der Waals surface area contributed by atoms with E-state index in [2.05, 4.69) is 34.6 Å². The fraction of sp³-hybridized carbons (Fsp3) is 0.963. The Morgan fingerprint density at radius 1 is 0.532 bits per heavy atom. The molecule has 4 aliphatic heterocycles. The molecular formula is C54H92O25. The van der Waals surface area contributed by atoms with E-state index in [0.29, 0.717) is 32.1 Å². The van der Waals surface area contributed by atoms with Gasteiger partial charge in [-0.15, -0.1) is 0 Å². The highest BCUT2D eigenvalue weighted by Gasteiger charge is 2.72.